The summed E-state index contributed by atoms with van der Waals surface area (Å²) < 4.78 is 16.1. The van der Waals surface area contributed by atoms with E-state index >= 15 is 0 Å². The molecular formula is C19H27N3O4S. The van der Waals surface area contributed by atoms with Gasteiger partial charge in [0, 0.05) is 11.6 Å². The highest BCUT2D eigenvalue weighted by atomic mass is 32.2. The van der Waals surface area contributed by atoms with Gasteiger partial charge in [-0.1, -0.05) is 25.6 Å². The molecule has 148 valence electrons. The Morgan fingerprint density at radius 2 is 1.89 bits per heavy atom. The lowest BCUT2D eigenvalue weighted by atomic mass is 10.0. The van der Waals surface area contributed by atoms with Gasteiger partial charge in [-0.3, -0.25) is 4.79 Å². The highest BCUT2D eigenvalue weighted by molar-refractivity contribution is 7.99. The number of amides is 1. The van der Waals surface area contributed by atoms with Crippen molar-refractivity contribution in [3.05, 3.63) is 18.2 Å². The minimum Gasteiger partial charge on any atom is -0.493 e. The minimum absolute atomic E-state index is 0.0397. The monoisotopic (exact) mass is 393 g/mol. The Balaban J connectivity index is 1.90. The van der Waals surface area contributed by atoms with Crippen LogP contribution in [0.15, 0.2) is 27.8 Å². The first-order chi connectivity index (χ1) is 12.9. The third-order valence-electron chi connectivity index (χ3n) is 3.95. The lowest BCUT2D eigenvalue weighted by molar-refractivity contribution is -0.119. The number of nitrogens with one attached hydrogen (secondary N) is 1. The Morgan fingerprint density at radius 1 is 1.15 bits per heavy atom. The molecule has 0 aliphatic carbocycles. The van der Waals surface area contributed by atoms with Gasteiger partial charge in [0.05, 0.1) is 20.0 Å². The molecule has 2 rings (SSSR count). The summed E-state index contributed by atoms with van der Waals surface area (Å²) in [5.74, 6) is 2.40. The fraction of sp³-hybridized carbons (Fsp3) is 0.526. The molecule has 1 heterocycles. The van der Waals surface area contributed by atoms with E-state index in [1.54, 1.807) is 26.4 Å². The molecule has 1 atom stereocenters. The van der Waals surface area contributed by atoms with Crippen LogP contribution in [0.3, 0.4) is 0 Å². The number of aromatic nitrogens is 2. The number of ether oxygens (including phenoxy) is 2. The molecule has 1 aromatic heterocycles. The molecule has 8 heteroatoms. The molecule has 27 heavy (non-hydrogen) atoms. The van der Waals surface area contributed by atoms with Gasteiger partial charge >= 0.3 is 0 Å². The number of carbonyl (C=O) groups is 1. The van der Waals surface area contributed by atoms with Crippen molar-refractivity contribution >= 4 is 17.7 Å². The van der Waals surface area contributed by atoms with Crippen LogP contribution < -0.4 is 14.8 Å². The van der Waals surface area contributed by atoms with Crippen molar-refractivity contribution in [1.29, 1.82) is 0 Å². The molecule has 0 saturated heterocycles. The van der Waals surface area contributed by atoms with Crippen LogP contribution in [0.25, 0.3) is 11.5 Å². The van der Waals surface area contributed by atoms with Crippen molar-refractivity contribution < 1.29 is 18.7 Å². The Morgan fingerprint density at radius 3 is 2.56 bits per heavy atom. The van der Waals surface area contributed by atoms with Gasteiger partial charge in [0.25, 0.3) is 5.22 Å². The quantitative estimate of drug-likeness (QED) is 0.615. The van der Waals surface area contributed by atoms with Gasteiger partial charge in [-0.05, 0) is 43.9 Å². The average molecular weight is 394 g/mol. The molecule has 1 aromatic carbocycles. The van der Waals surface area contributed by atoms with E-state index in [0.717, 1.165) is 18.4 Å². The van der Waals surface area contributed by atoms with Crippen molar-refractivity contribution in [1.82, 2.24) is 15.5 Å². The summed E-state index contributed by atoms with van der Waals surface area (Å²) in [6.07, 6.45) is 2.06. The molecule has 1 amide bonds. The number of hydrogen-bond donors (Lipinski definition) is 1. The lowest BCUT2D eigenvalue weighted by Gasteiger charge is -2.14. The van der Waals surface area contributed by atoms with Crippen LogP contribution in [0.1, 0.15) is 33.6 Å². The normalized spacial score (nSPS) is 12.1. The van der Waals surface area contributed by atoms with Crippen LogP contribution in [0.5, 0.6) is 11.5 Å². The first-order valence-corrected chi connectivity index (χ1v) is 9.89. The third kappa shape index (κ3) is 6.46. The van der Waals surface area contributed by atoms with Crippen molar-refractivity contribution in [2.45, 2.75) is 44.9 Å². The van der Waals surface area contributed by atoms with Crippen LogP contribution in [0.2, 0.25) is 0 Å². The van der Waals surface area contributed by atoms with Crippen LogP contribution >= 0.6 is 11.8 Å². The maximum absolute atomic E-state index is 12.1. The van der Waals surface area contributed by atoms with E-state index in [1.807, 2.05) is 13.0 Å². The van der Waals surface area contributed by atoms with Crippen molar-refractivity contribution in [3.8, 4) is 23.0 Å². The number of rotatable bonds is 10. The first kappa shape index (κ1) is 21.1. The van der Waals surface area contributed by atoms with E-state index in [9.17, 15) is 4.79 Å². The van der Waals surface area contributed by atoms with Gasteiger partial charge in [0.2, 0.25) is 11.8 Å². The Kier molecular flexibility index (Phi) is 7.97. The standard InChI is InChI=1S/C19H27N3O4S/c1-12(2)6-7-13(3)20-17(23)11-27-19-22-21-18(26-19)14-8-9-15(24-4)16(10-14)25-5/h8-10,12-13H,6-7,11H2,1-5H3,(H,20,23)/t13-/m0/s1. The largest absolute Gasteiger partial charge is 0.493 e. The van der Waals surface area contributed by atoms with Crippen LogP contribution in [0, 0.1) is 5.92 Å². The molecule has 0 fully saturated rings. The second-order valence-corrected chi connectivity index (χ2v) is 7.60. The number of methoxy groups -OCH3 is 2. The topological polar surface area (TPSA) is 86.5 Å². The van der Waals surface area contributed by atoms with Crippen molar-refractivity contribution in [3.63, 3.8) is 0 Å². The maximum Gasteiger partial charge on any atom is 0.277 e. The predicted octanol–water partition coefficient (Wildman–Crippen LogP) is 3.79. The molecule has 0 radical (unpaired) electrons. The molecule has 1 N–H and O–H groups in total. The highest BCUT2D eigenvalue weighted by Gasteiger charge is 2.14. The summed E-state index contributed by atoms with van der Waals surface area (Å²) in [4.78, 5) is 12.1. The number of carbonyl (C=O) groups excluding carboxylic acids is 1. The Bertz CT molecular complexity index is 748. The summed E-state index contributed by atoms with van der Waals surface area (Å²) >= 11 is 1.22. The number of hydrogen-bond acceptors (Lipinski definition) is 7. The number of nitrogens with zero attached hydrogens (tertiary/aromatic N) is 2. The van der Waals surface area contributed by atoms with Crippen molar-refractivity contribution in [2.24, 2.45) is 5.92 Å². The lowest BCUT2D eigenvalue weighted by Crippen LogP contribution is -2.34. The fourth-order valence-corrected chi connectivity index (χ4v) is 3.03. The summed E-state index contributed by atoms with van der Waals surface area (Å²) in [5.41, 5.74) is 0.721. The fourth-order valence-electron chi connectivity index (χ4n) is 2.45. The van der Waals surface area contributed by atoms with Crippen LogP contribution in [-0.2, 0) is 4.79 Å². The van der Waals surface area contributed by atoms with Gasteiger partial charge in [-0.25, -0.2) is 0 Å². The number of benzene rings is 1. The van der Waals surface area contributed by atoms with E-state index < -0.39 is 0 Å². The molecule has 0 spiro atoms. The molecule has 0 unspecified atom stereocenters. The van der Waals surface area contributed by atoms with Gasteiger partial charge in [-0.15, -0.1) is 10.2 Å². The molecule has 0 saturated carbocycles. The third-order valence-corrected chi connectivity index (χ3v) is 4.77. The molecular weight excluding hydrogens is 366 g/mol. The SMILES string of the molecule is COc1ccc(-c2nnc(SCC(=O)N[C@@H](C)CCC(C)C)o2)cc1OC. The molecule has 2 aromatic rings. The maximum atomic E-state index is 12.1. The molecule has 0 bridgehead atoms. The van der Waals surface area contributed by atoms with Gasteiger partial charge in [0.15, 0.2) is 11.5 Å². The van der Waals surface area contributed by atoms with E-state index in [2.05, 4.69) is 29.4 Å². The Labute approximate surface area is 164 Å². The smallest absolute Gasteiger partial charge is 0.277 e. The summed E-state index contributed by atoms with van der Waals surface area (Å²) in [6.45, 7) is 6.37. The Hall–Kier alpha value is -2.22. The van der Waals surface area contributed by atoms with Crippen LogP contribution in [-0.4, -0.2) is 42.1 Å². The zero-order valence-corrected chi connectivity index (χ0v) is 17.3. The zero-order valence-electron chi connectivity index (χ0n) is 16.4. The molecule has 7 nitrogen and oxygen atoms in total. The van der Waals surface area contributed by atoms with E-state index in [1.165, 1.54) is 11.8 Å². The summed E-state index contributed by atoms with van der Waals surface area (Å²) in [6, 6.07) is 5.51. The van der Waals surface area contributed by atoms with Gasteiger partial charge in [-0.2, -0.15) is 0 Å². The minimum atomic E-state index is -0.0397. The average Bonchev–Trinajstić information content (AvgIpc) is 3.13. The predicted molar refractivity (Wildman–Crippen MR) is 105 cm³/mol. The van der Waals surface area contributed by atoms with E-state index in [-0.39, 0.29) is 17.7 Å². The second kappa shape index (κ2) is 10.2. The van der Waals surface area contributed by atoms with Crippen LogP contribution in [0.4, 0.5) is 0 Å². The second-order valence-electron chi connectivity index (χ2n) is 6.67. The number of thioether (sulfide) groups is 1. The molecule has 0 aliphatic rings. The summed E-state index contributed by atoms with van der Waals surface area (Å²) in [5, 5.41) is 11.4. The van der Waals surface area contributed by atoms with Gasteiger partial charge < -0.3 is 19.2 Å². The zero-order chi connectivity index (χ0) is 19.8. The van der Waals surface area contributed by atoms with E-state index in [4.69, 9.17) is 13.9 Å². The molecule has 0 aliphatic heterocycles. The highest BCUT2D eigenvalue weighted by Crippen LogP contribution is 2.32. The first-order valence-electron chi connectivity index (χ1n) is 8.91. The van der Waals surface area contributed by atoms with Gasteiger partial charge in [0.1, 0.15) is 0 Å². The summed E-state index contributed by atoms with van der Waals surface area (Å²) in [7, 11) is 3.14. The van der Waals surface area contributed by atoms with Crippen molar-refractivity contribution in [2.75, 3.05) is 20.0 Å². The van der Waals surface area contributed by atoms with E-state index in [0.29, 0.717) is 28.5 Å².